The van der Waals surface area contributed by atoms with Crippen molar-refractivity contribution in [2.45, 2.75) is 11.2 Å². The van der Waals surface area contributed by atoms with Gasteiger partial charge in [-0.05, 0) is 0 Å². The summed E-state index contributed by atoms with van der Waals surface area (Å²) in [6, 6.07) is 2.08. The number of rotatable bonds is 8. The van der Waals surface area contributed by atoms with Crippen LogP contribution in [0.1, 0.15) is 6.42 Å². The van der Waals surface area contributed by atoms with Crippen molar-refractivity contribution in [1.29, 1.82) is 5.26 Å². The predicted molar refractivity (Wildman–Crippen MR) is 63.3 cm³/mol. The van der Waals surface area contributed by atoms with Crippen LogP contribution in [0.25, 0.3) is 0 Å². The molecule has 0 aliphatic carbocycles. The van der Waals surface area contributed by atoms with E-state index in [9.17, 15) is 4.79 Å². The number of halogens is 1. The van der Waals surface area contributed by atoms with Crippen LogP contribution in [0.15, 0.2) is 0 Å². The lowest BCUT2D eigenvalue weighted by Crippen LogP contribution is -2.36. The molecular weight excluding hydrogens is 276 g/mol. The maximum atomic E-state index is 11.2. The van der Waals surface area contributed by atoms with Crippen LogP contribution < -0.4 is 0 Å². The minimum atomic E-state index is -0.368. The first-order valence-electron chi connectivity index (χ1n) is 4.95. The Bertz CT molecular complexity index is 243. The van der Waals surface area contributed by atoms with Crippen LogP contribution >= 0.6 is 15.9 Å². The lowest BCUT2D eigenvalue weighted by atomic mass is 10.3. The summed E-state index contributed by atoms with van der Waals surface area (Å²) in [4.78, 5) is 12.8. The predicted octanol–water partition coefficient (Wildman–Crippen LogP) is 0.785. The molecule has 0 fully saturated rings. The molecule has 0 heterocycles. The molecule has 0 aromatic rings. The van der Waals surface area contributed by atoms with E-state index < -0.39 is 0 Å². The minimum absolute atomic E-state index is 0.306. The van der Waals surface area contributed by atoms with Gasteiger partial charge in [-0.15, -0.1) is 0 Å². The Hall–Kier alpha value is -0.640. The van der Waals surface area contributed by atoms with Gasteiger partial charge in [0.05, 0.1) is 19.8 Å². The van der Waals surface area contributed by atoms with Crippen LogP contribution in [0.5, 0.6) is 0 Å². The Balaban J connectivity index is 4.07. The quantitative estimate of drug-likeness (QED) is 0.489. The smallest absolute Gasteiger partial charge is 0.320 e. The maximum Gasteiger partial charge on any atom is 0.320 e. The lowest BCUT2D eigenvalue weighted by Gasteiger charge is -2.22. The van der Waals surface area contributed by atoms with Crippen molar-refractivity contribution >= 4 is 21.9 Å². The van der Waals surface area contributed by atoms with Gasteiger partial charge < -0.3 is 9.47 Å². The van der Waals surface area contributed by atoms with E-state index in [1.807, 2.05) is 4.90 Å². The molecule has 0 aromatic heterocycles. The van der Waals surface area contributed by atoms with Crippen LogP contribution in [-0.2, 0) is 14.3 Å². The molecule has 0 saturated heterocycles. The number of esters is 1. The topological polar surface area (TPSA) is 62.6 Å². The Kier molecular flexibility index (Phi) is 9.19. The molecule has 0 amide bonds. The molecule has 1 atom stereocenters. The number of nitrogens with zero attached hydrogens (tertiary/aromatic N) is 2. The highest BCUT2D eigenvalue weighted by Crippen LogP contribution is 2.05. The number of hydrogen-bond donors (Lipinski definition) is 0. The summed E-state index contributed by atoms with van der Waals surface area (Å²) in [6.45, 7) is 2.40. The molecule has 0 rings (SSSR count). The van der Waals surface area contributed by atoms with Gasteiger partial charge in [-0.3, -0.25) is 9.69 Å². The van der Waals surface area contributed by atoms with E-state index in [1.54, 1.807) is 7.11 Å². The van der Waals surface area contributed by atoms with Gasteiger partial charge in [0.1, 0.15) is 4.83 Å². The molecule has 0 aliphatic heterocycles. The molecular formula is C10H17BrN2O3. The Labute approximate surface area is 104 Å². The van der Waals surface area contributed by atoms with E-state index in [-0.39, 0.29) is 10.8 Å². The van der Waals surface area contributed by atoms with Crippen molar-refractivity contribution < 1.29 is 14.3 Å². The van der Waals surface area contributed by atoms with Crippen molar-refractivity contribution in [3.05, 3.63) is 0 Å². The van der Waals surface area contributed by atoms with E-state index in [0.717, 1.165) is 0 Å². The second-order valence-electron chi connectivity index (χ2n) is 3.19. The first-order valence-corrected chi connectivity index (χ1v) is 5.87. The monoisotopic (exact) mass is 292 g/mol. The number of hydrogen-bond acceptors (Lipinski definition) is 5. The fourth-order valence-corrected chi connectivity index (χ4v) is 1.75. The standard InChI is InChI=1S/C10H17BrN2O3/c1-15-7-6-13(5-3-4-12)8-9(11)10(14)16-2/h9H,3,5-8H2,1-2H3. The Morgan fingerprint density at radius 2 is 2.19 bits per heavy atom. The van der Waals surface area contributed by atoms with Gasteiger partial charge in [0, 0.05) is 33.2 Å². The van der Waals surface area contributed by atoms with Gasteiger partial charge >= 0.3 is 5.97 Å². The van der Waals surface area contributed by atoms with Crippen LogP contribution in [0.4, 0.5) is 0 Å². The number of nitriles is 1. The van der Waals surface area contributed by atoms with Gasteiger partial charge in [-0.2, -0.15) is 5.26 Å². The van der Waals surface area contributed by atoms with E-state index >= 15 is 0 Å². The summed E-state index contributed by atoms with van der Waals surface area (Å²) in [6.07, 6.45) is 0.435. The highest BCUT2D eigenvalue weighted by atomic mass is 79.9. The molecule has 6 heteroatoms. The highest BCUT2D eigenvalue weighted by Gasteiger charge is 2.18. The summed E-state index contributed by atoms with van der Waals surface area (Å²) in [7, 11) is 2.97. The maximum absolute atomic E-state index is 11.2. The zero-order valence-corrected chi connectivity index (χ0v) is 11.2. The molecule has 1 unspecified atom stereocenters. The summed E-state index contributed by atoms with van der Waals surface area (Å²) in [5, 5.41) is 8.52. The second kappa shape index (κ2) is 9.58. The van der Waals surface area contributed by atoms with Crippen molar-refractivity contribution in [1.82, 2.24) is 4.90 Å². The normalized spacial score (nSPS) is 12.2. The average molecular weight is 293 g/mol. The number of ether oxygens (including phenoxy) is 2. The van der Waals surface area contributed by atoms with Gasteiger partial charge in [-0.1, -0.05) is 15.9 Å². The van der Waals surface area contributed by atoms with Crippen LogP contribution in [-0.4, -0.2) is 56.2 Å². The minimum Gasteiger partial charge on any atom is -0.468 e. The summed E-state index contributed by atoms with van der Waals surface area (Å²) < 4.78 is 9.58. The van der Waals surface area contributed by atoms with E-state index in [2.05, 4.69) is 26.7 Å². The third-order valence-electron chi connectivity index (χ3n) is 2.03. The fourth-order valence-electron chi connectivity index (χ4n) is 1.15. The largest absolute Gasteiger partial charge is 0.468 e. The first kappa shape index (κ1) is 15.4. The third-order valence-corrected chi connectivity index (χ3v) is 2.69. The van der Waals surface area contributed by atoms with Crippen LogP contribution in [0, 0.1) is 11.3 Å². The molecule has 0 aliphatic rings. The molecule has 0 saturated carbocycles. The summed E-state index contributed by atoms with van der Waals surface area (Å²) >= 11 is 3.25. The lowest BCUT2D eigenvalue weighted by molar-refractivity contribution is -0.140. The SMILES string of the molecule is COCCN(CCC#N)CC(Br)C(=O)OC. The second-order valence-corrected chi connectivity index (χ2v) is 4.30. The number of methoxy groups -OCH3 is 2. The summed E-state index contributed by atoms with van der Waals surface area (Å²) in [5.74, 6) is -0.306. The van der Waals surface area contributed by atoms with Crippen molar-refractivity contribution in [2.24, 2.45) is 0 Å². The van der Waals surface area contributed by atoms with E-state index in [1.165, 1.54) is 7.11 Å². The zero-order chi connectivity index (χ0) is 12.4. The van der Waals surface area contributed by atoms with Crippen LogP contribution in [0.2, 0.25) is 0 Å². The number of carbonyl (C=O) groups excluding carboxylic acids is 1. The van der Waals surface area contributed by atoms with Gasteiger partial charge in [-0.25, -0.2) is 0 Å². The van der Waals surface area contributed by atoms with Gasteiger partial charge in [0.25, 0.3) is 0 Å². The van der Waals surface area contributed by atoms with Crippen molar-refractivity contribution in [3.63, 3.8) is 0 Å². The highest BCUT2D eigenvalue weighted by molar-refractivity contribution is 9.10. The van der Waals surface area contributed by atoms with E-state index in [0.29, 0.717) is 32.7 Å². The average Bonchev–Trinajstić information content (AvgIpc) is 2.31. The molecule has 0 N–H and O–H groups in total. The number of alkyl halides is 1. The van der Waals surface area contributed by atoms with E-state index in [4.69, 9.17) is 10.00 Å². The molecule has 0 aromatic carbocycles. The molecule has 92 valence electrons. The molecule has 0 spiro atoms. The van der Waals surface area contributed by atoms with Crippen molar-refractivity contribution in [2.75, 3.05) is 40.5 Å². The molecule has 5 nitrogen and oxygen atoms in total. The number of carbonyl (C=O) groups is 1. The molecule has 0 radical (unpaired) electrons. The Morgan fingerprint density at radius 1 is 1.50 bits per heavy atom. The van der Waals surface area contributed by atoms with Gasteiger partial charge in [0.2, 0.25) is 0 Å². The zero-order valence-electron chi connectivity index (χ0n) is 9.61. The Morgan fingerprint density at radius 3 is 2.69 bits per heavy atom. The molecule has 0 bridgehead atoms. The third kappa shape index (κ3) is 6.77. The first-order chi connectivity index (χ1) is 7.65. The molecule has 16 heavy (non-hydrogen) atoms. The van der Waals surface area contributed by atoms with Crippen LogP contribution in [0.3, 0.4) is 0 Å². The van der Waals surface area contributed by atoms with Gasteiger partial charge in [0.15, 0.2) is 0 Å². The van der Waals surface area contributed by atoms with Crippen molar-refractivity contribution in [3.8, 4) is 6.07 Å². The fraction of sp³-hybridized carbons (Fsp3) is 0.800. The summed E-state index contributed by atoms with van der Waals surface area (Å²) in [5.41, 5.74) is 0.